The number of hydrogen-bond donors (Lipinski definition) is 0. The summed E-state index contributed by atoms with van der Waals surface area (Å²) in [6.07, 6.45) is 3.30. The van der Waals surface area contributed by atoms with Crippen LogP contribution < -0.4 is 9.47 Å². The molecule has 1 aromatic heterocycles. The van der Waals surface area contributed by atoms with Gasteiger partial charge in [-0.2, -0.15) is 0 Å². The van der Waals surface area contributed by atoms with E-state index in [1.807, 2.05) is 18.2 Å². The summed E-state index contributed by atoms with van der Waals surface area (Å²) in [6, 6.07) is 14.6. The molecule has 3 rings (SSSR count). The smallest absolute Gasteiger partial charge is 0.119 e. The van der Waals surface area contributed by atoms with Crippen molar-refractivity contribution in [3.05, 3.63) is 59.8 Å². The fraction of sp³-hybridized carbons (Fsp3) is 0.333. The van der Waals surface area contributed by atoms with E-state index in [0.717, 1.165) is 31.0 Å². The van der Waals surface area contributed by atoms with E-state index in [4.69, 9.17) is 9.47 Å². The highest BCUT2D eigenvalue weighted by Gasteiger charge is 2.11. The minimum Gasteiger partial charge on any atom is -0.497 e. The second-order valence-corrected chi connectivity index (χ2v) is 6.57. The Balaban J connectivity index is 1.95. The van der Waals surface area contributed by atoms with E-state index >= 15 is 0 Å². The molecular weight excluding hydrogens is 312 g/mol. The molecule has 0 aliphatic rings. The average molecular weight is 338 g/mol. The molecule has 25 heavy (non-hydrogen) atoms. The van der Waals surface area contributed by atoms with E-state index in [1.165, 1.54) is 22.0 Å². The van der Waals surface area contributed by atoms with Crippen LogP contribution in [0.2, 0.25) is 0 Å². The summed E-state index contributed by atoms with van der Waals surface area (Å²) in [4.78, 5) is 2.22. The van der Waals surface area contributed by atoms with E-state index < -0.39 is 0 Å². The lowest BCUT2D eigenvalue weighted by Gasteiger charge is -2.08. The first-order chi connectivity index (χ1) is 12.1. The maximum absolute atomic E-state index is 5.42. The number of aromatic nitrogens is 1. The van der Waals surface area contributed by atoms with Crippen LogP contribution in [0.1, 0.15) is 11.1 Å². The van der Waals surface area contributed by atoms with Gasteiger partial charge in [0.25, 0.3) is 0 Å². The Hall–Kier alpha value is -2.46. The molecule has 0 fully saturated rings. The summed E-state index contributed by atoms with van der Waals surface area (Å²) >= 11 is 0. The number of likely N-dealkylation sites (N-methyl/N-ethyl adjacent to an activating group) is 1. The van der Waals surface area contributed by atoms with Crippen molar-refractivity contribution in [2.45, 2.75) is 13.0 Å². The van der Waals surface area contributed by atoms with Gasteiger partial charge in [0, 0.05) is 30.2 Å². The van der Waals surface area contributed by atoms with E-state index in [0.29, 0.717) is 0 Å². The van der Waals surface area contributed by atoms with Crippen LogP contribution in [0.3, 0.4) is 0 Å². The Kier molecular flexibility index (Phi) is 5.29. The molecule has 132 valence electrons. The zero-order valence-electron chi connectivity index (χ0n) is 15.5. The van der Waals surface area contributed by atoms with Gasteiger partial charge < -0.3 is 18.9 Å². The summed E-state index contributed by atoms with van der Waals surface area (Å²) in [6.45, 7) is 1.87. The predicted octanol–water partition coefficient (Wildman–Crippen LogP) is 3.81. The van der Waals surface area contributed by atoms with Crippen molar-refractivity contribution in [3.8, 4) is 11.5 Å². The standard InChI is InChI=1S/C21H26N2O2/c1-22(2)12-11-17-15-23(14-16-5-7-18(24-3)8-6-16)21-10-9-19(25-4)13-20(17)21/h5-10,13,15H,11-12,14H2,1-4H3. The van der Waals surface area contributed by atoms with Gasteiger partial charge >= 0.3 is 0 Å². The first-order valence-electron chi connectivity index (χ1n) is 8.54. The van der Waals surface area contributed by atoms with Crippen LogP contribution in [0, 0.1) is 0 Å². The molecule has 0 radical (unpaired) electrons. The number of nitrogens with zero attached hydrogens (tertiary/aromatic N) is 2. The number of rotatable bonds is 7. The van der Waals surface area contributed by atoms with Gasteiger partial charge in [-0.05, 0) is 62.0 Å². The summed E-state index contributed by atoms with van der Waals surface area (Å²) in [5, 5.41) is 1.27. The Morgan fingerprint density at radius 1 is 0.920 bits per heavy atom. The van der Waals surface area contributed by atoms with Gasteiger partial charge in [0.05, 0.1) is 14.2 Å². The van der Waals surface area contributed by atoms with Crippen molar-refractivity contribution in [2.75, 3.05) is 34.9 Å². The first kappa shape index (κ1) is 17.4. The van der Waals surface area contributed by atoms with Crippen LogP contribution in [-0.2, 0) is 13.0 Å². The quantitative estimate of drug-likeness (QED) is 0.655. The molecule has 4 nitrogen and oxygen atoms in total. The fourth-order valence-corrected chi connectivity index (χ4v) is 3.08. The molecule has 2 aromatic carbocycles. The minimum atomic E-state index is 0.842. The lowest BCUT2D eigenvalue weighted by Crippen LogP contribution is -2.14. The summed E-state index contributed by atoms with van der Waals surface area (Å²) < 4.78 is 13.0. The number of benzene rings is 2. The Labute approximate surface area is 149 Å². The maximum atomic E-state index is 5.42. The van der Waals surface area contributed by atoms with Crippen LogP contribution in [0.4, 0.5) is 0 Å². The fourth-order valence-electron chi connectivity index (χ4n) is 3.08. The van der Waals surface area contributed by atoms with Gasteiger partial charge in [-0.3, -0.25) is 0 Å². The van der Waals surface area contributed by atoms with E-state index in [1.54, 1.807) is 14.2 Å². The van der Waals surface area contributed by atoms with Crippen LogP contribution in [0.5, 0.6) is 11.5 Å². The topological polar surface area (TPSA) is 26.6 Å². The normalized spacial score (nSPS) is 11.2. The third kappa shape index (κ3) is 3.97. The monoisotopic (exact) mass is 338 g/mol. The van der Waals surface area contributed by atoms with Gasteiger partial charge in [0.15, 0.2) is 0 Å². The summed E-state index contributed by atoms with van der Waals surface area (Å²) in [5.74, 6) is 1.79. The van der Waals surface area contributed by atoms with Crippen LogP contribution >= 0.6 is 0 Å². The highest BCUT2D eigenvalue weighted by atomic mass is 16.5. The van der Waals surface area contributed by atoms with Crippen molar-refractivity contribution >= 4 is 10.9 Å². The SMILES string of the molecule is COc1ccc(Cn2cc(CCN(C)C)c3cc(OC)ccc32)cc1. The number of fused-ring (bicyclic) bond motifs is 1. The number of methoxy groups -OCH3 is 2. The largest absolute Gasteiger partial charge is 0.497 e. The van der Waals surface area contributed by atoms with E-state index in [9.17, 15) is 0 Å². The molecule has 0 aliphatic carbocycles. The summed E-state index contributed by atoms with van der Waals surface area (Å²) in [5.41, 5.74) is 3.86. The van der Waals surface area contributed by atoms with Crippen molar-refractivity contribution < 1.29 is 9.47 Å². The van der Waals surface area contributed by atoms with Crippen molar-refractivity contribution in [2.24, 2.45) is 0 Å². The molecule has 0 spiro atoms. The zero-order valence-corrected chi connectivity index (χ0v) is 15.5. The molecule has 1 heterocycles. The number of ether oxygens (including phenoxy) is 2. The maximum Gasteiger partial charge on any atom is 0.119 e. The molecular formula is C21H26N2O2. The van der Waals surface area contributed by atoms with Gasteiger partial charge in [0.2, 0.25) is 0 Å². The zero-order chi connectivity index (χ0) is 17.8. The Morgan fingerprint density at radius 2 is 1.60 bits per heavy atom. The third-order valence-corrected chi connectivity index (χ3v) is 4.51. The van der Waals surface area contributed by atoms with Gasteiger partial charge in [-0.15, -0.1) is 0 Å². The third-order valence-electron chi connectivity index (χ3n) is 4.51. The molecule has 0 aliphatic heterocycles. The highest BCUT2D eigenvalue weighted by molar-refractivity contribution is 5.85. The lowest BCUT2D eigenvalue weighted by atomic mass is 10.1. The van der Waals surface area contributed by atoms with Crippen molar-refractivity contribution in [1.29, 1.82) is 0 Å². The van der Waals surface area contributed by atoms with E-state index in [-0.39, 0.29) is 0 Å². The Bertz CT molecular complexity index is 835. The van der Waals surface area contributed by atoms with Gasteiger partial charge in [0.1, 0.15) is 11.5 Å². The molecule has 3 aromatic rings. The molecule has 0 unspecified atom stereocenters. The highest BCUT2D eigenvalue weighted by Crippen LogP contribution is 2.27. The second kappa shape index (κ2) is 7.62. The second-order valence-electron chi connectivity index (χ2n) is 6.57. The van der Waals surface area contributed by atoms with Crippen molar-refractivity contribution in [3.63, 3.8) is 0 Å². The molecule has 0 bridgehead atoms. The first-order valence-corrected chi connectivity index (χ1v) is 8.54. The number of hydrogen-bond acceptors (Lipinski definition) is 3. The molecule has 4 heteroatoms. The average Bonchev–Trinajstić information content (AvgIpc) is 2.97. The van der Waals surface area contributed by atoms with Crippen LogP contribution in [0.25, 0.3) is 10.9 Å². The molecule has 0 saturated carbocycles. The van der Waals surface area contributed by atoms with Crippen LogP contribution in [-0.4, -0.2) is 44.3 Å². The minimum absolute atomic E-state index is 0.842. The van der Waals surface area contributed by atoms with E-state index in [2.05, 4.69) is 54.0 Å². The molecule has 0 atom stereocenters. The Morgan fingerprint density at radius 3 is 2.24 bits per heavy atom. The predicted molar refractivity (Wildman–Crippen MR) is 103 cm³/mol. The van der Waals surface area contributed by atoms with Crippen molar-refractivity contribution in [1.82, 2.24) is 9.47 Å². The lowest BCUT2D eigenvalue weighted by molar-refractivity contribution is 0.413. The molecule has 0 N–H and O–H groups in total. The molecule has 0 amide bonds. The molecule has 0 saturated heterocycles. The summed E-state index contributed by atoms with van der Waals surface area (Å²) in [7, 11) is 7.63. The van der Waals surface area contributed by atoms with Gasteiger partial charge in [-0.25, -0.2) is 0 Å². The van der Waals surface area contributed by atoms with Gasteiger partial charge in [-0.1, -0.05) is 12.1 Å². The van der Waals surface area contributed by atoms with Crippen LogP contribution in [0.15, 0.2) is 48.7 Å².